The van der Waals surface area contributed by atoms with Crippen LogP contribution in [0.2, 0.25) is 5.02 Å². The van der Waals surface area contributed by atoms with Gasteiger partial charge in [0.15, 0.2) is 6.61 Å². The molecule has 3 aromatic rings. The molecule has 0 aliphatic carbocycles. The van der Waals surface area contributed by atoms with Crippen LogP contribution in [0.5, 0.6) is 5.75 Å². The fourth-order valence-corrected chi connectivity index (χ4v) is 2.92. The molecule has 146 valence electrons. The van der Waals surface area contributed by atoms with Crippen LogP contribution in [0.25, 0.3) is 0 Å². The minimum atomic E-state index is -0.285. The second kappa shape index (κ2) is 10.2. The van der Waals surface area contributed by atoms with Crippen LogP contribution in [-0.4, -0.2) is 12.5 Å². The normalized spacial score (nSPS) is 10.1. The van der Waals surface area contributed by atoms with Gasteiger partial charge in [-0.3, -0.25) is 4.79 Å². The number of nitriles is 1. The van der Waals surface area contributed by atoms with Crippen molar-refractivity contribution in [2.75, 3.05) is 17.2 Å². The Morgan fingerprint density at radius 3 is 2.45 bits per heavy atom. The number of anilines is 2. The van der Waals surface area contributed by atoms with Crippen molar-refractivity contribution in [3.05, 3.63) is 88.9 Å². The average molecular weight is 406 g/mol. The highest BCUT2D eigenvalue weighted by Gasteiger charge is 2.07. The standard InChI is InChI=1S/C23H20ClN3O2/c24-21-14-19(8-11-22(21)26-15-18-4-2-1-3-5-18)27-23(28)16-29-20-9-6-17(7-10-20)12-13-25/h1-11,14,26H,12,15-16H2,(H,27,28). The molecule has 3 rings (SSSR count). The molecular weight excluding hydrogens is 386 g/mol. The molecule has 0 aromatic heterocycles. The molecular formula is C23H20ClN3O2. The smallest absolute Gasteiger partial charge is 0.262 e. The summed E-state index contributed by atoms with van der Waals surface area (Å²) in [6.45, 7) is 0.538. The quantitative estimate of drug-likeness (QED) is 0.550. The molecule has 29 heavy (non-hydrogen) atoms. The van der Waals surface area contributed by atoms with Crippen LogP contribution in [0.1, 0.15) is 11.1 Å². The van der Waals surface area contributed by atoms with Gasteiger partial charge in [0.2, 0.25) is 0 Å². The molecule has 5 nitrogen and oxygen atoms in total. The maximum Gasteiger partial charge on any atom is 0.262 e. The van der Waals surface area contributed by atoms with Gasteiger partial charge in [0.1, 0.15) is 5.75 Å². The zero-order valence-corrected chi connectivity index (χ0v) is 16.4. The van der Waals surface area contributed by atoms with E-state index in [1.807, 2.05) is 36.4 Å². The number of halogens is 1. The summed E-state index contributed by atoms with van der Waals surface area (Å²) in [5.41, 5.74) is 3.44. The zero-order chi connectivity index (χ0) is 20.5. The van der Waals surface area contributed by atoms with Crippen molar-refractivity contribution in [1.29, 1.82) is 5.26 Å². The summed E-state index contributed by atoms with van der Waals surface area (Å²) in [5, 5.41) is 15.2. The summed E-state index contributed by atoms with van der Waals surface area (Å²) >= 11 is 6.32. The number of carbonyl (C=O) groups is 1. The fraction of sp³-hybridized carbons (Fsp3) is 0.130. The van der Waals surface area contributed by atoms with Gasteiger partial charge in [0, 0.05) is 12.2 Å². The van der Waals surface area contributed by atoms with Crippen LogP contribution in [0.3, 0.4) is 0 Å². The Labute approximate surface area is 174 Å². The summed E-state index contributed by atoms with van der Waals surface area (Å²) in [6.07, 6.45) is 0.345. The Morgan fingerprint density at radius 2 is 1.76 bits per heavy atom. The predicted octanol–water partition coefficient (Wildman–Crippen LogP) is 5.04. The van der Waals surface area contributed by atoms with Gasteiger partial charge in [0.25, 0.3) is 5.91 Å². The summed E-state index contributed by atoms with van der Waals surface area (Å²) < 4.78 is 5.47. The number of hydrogen-bond acceptors (Lipinski definition) is 4. The number of nitrogens with one attached hydrogen (secondary N) is 2. The van der Waals surface area contributed by atoms with Gasteiger partial charge in [-0.2, -0.15) is 5.26 Å². The summed E-state index contributed by atoms with van der Waals surface area (Å²) in [4.78, 5) is 12.1. The van der Waals surface area contributed by atoms with Crippen molar-refractivity contribution in [3.63, 3.8) is 0 Å². The van der Waals surface area contributed by atoms with Gasteiger partial charge in [-0.15, -0.1) is 0 Å². The van der Waals surface area contributed by atoms with Gasteiger partial charge in [-0.1, -0.05) is 54.1 Å². The lowest BCUT2D eigenvalue weighted by Gasteiger charge is -2.11. The third kappa shape index (κ3) is 6.27. The molecule has 0 atom stereocenters. The van der Waals surface area contributed by atoms with E-state index in [0.29, 0.717) is 29.4 Å². The van der Waals surface area contributed by atoms with E-state index in [9.17, 15) is 4.79 Å². The third-order valence-corrected chi connectivity index (χ3v) is 4.47. The van der Waals surface area contributed by atoms with Crippen LogP contribution < -0.4 is 15.4 Å². The topological polar surface area (TPSA) is 74.1 Å². The average Bonchev–Trinajstić information content (AvgIpc) is 2.74. The molecule has 0 spiro atoms. The molecule has 0 aliphatic heterocycles. The lowest BCUT2D eigenvalue weighted by molar-refractivity contribution is -0.118. The maximum absolute atomic E-state index is 12.1. The third-order valence-electron chi connectivity index (χ3n) is 4.16. The van der Waals surface area contributed by atoms with Crippen LogP contribution in [-0.2, 0) is 17.8 Å². The molecule has 0 radical (unpaired) electrons. The molecule has 2 N–H and O–H groups in total. The summed E-state index contributed by atoms with van der Waals surface area (Å²) in [6, 6.07) is 24.5. The number of carbonyl (C=O) groups excluding carboxylic acids is 1. The molecule has 6 heteroatoms. The molecule has 0 unspecified atom stereocenters. The Morgan fingerprint density at radius 1 is 1.00 bits per heavy atom. The van der Waals surface area contributed by atoms with E-state index in [4.69, 9.17) is 21.6 Å². The molecule has 1 amide bonds. The van der Waals surface area contributed by atoms with E-state index in [-0.39, 0.29) is 12.5 Å². The SMILES string of the molecule is N#CCc1ccc(OCC(=O)Nc2ccc(NCc3ccccc3)c(Cl)c2)cc1. The van der Waals surface area contributed by atoms with Crippen LogP contribution in [0, 0.1) is 11.3 Å². The minimum Gasteiger partial charge on any atom is -0.484 e. The minimum absolute atomic E-state index is 0.122. The number of ether oxygens (including phenoxy) is 1. The van der Waals surface area contributed by atoms with E-state index in [1.54, 1.807) is 36.4 Å². The van der Waals surface area contributed by atoms with Gasteiger partial charge in [-0.05, 0) is 41.5 Å². The van der Waals surface area contributed by atoms with Gasteiger partial charge in [0.05, 0.1) is 23.2 Å². The second-order valence-corrected chi connectivity index (χ2v) is 6.76. The predicted molar refractivity (Wildman–Crippen MR) is 115 cm³/mol. The molecule has 0 bridgehead atoms. The Kier molecular flexibility index (Phi) is 7.10. The van der Waals surface area contributed by atoms with Gasteiger partial charge >= 0.3 is 0 Å². The number of hydrogen-bond donors (Lipinski definition) is 2. The van der Waals surface area contributed by atoms with E-state index in [2.05, 4.69) is 16.7 Å². The first-order valence-corrected chi connectivity index (χ1v) is 9.48. The van der Waals surface area contributed by atoms with Crippen LogP contribution in [0.4, 0.5) is 11.4 Å². The number of nitrogens with zero attached hydrogens (tertiary/aromatic N) is 1. The largest absolute Gasteiger partial charge is 0.484 e. The first-order valence-electron chi connectivity index (χ1n) is 9.10. The highest BCUT2D eigenvalue weighted by molar-refractivity contribution is 6.33. The highest BCUT2D eigenvalue weighted by atomic mass is 35.5. The Bertz CT molecular complexity index is 999. The van der Waals surface area contributed by atoms with Crippen LogP contribution in [0.15, 0.2) is 72.8 Å². The lowest BCUT2D eigenvalue weighted by atomic mass is 10.2. The van der Waals surface area contributed by atoms with Crippen molar-refractivity contribution in [2.24, 2.45) is 0 Å². The van der Waals surface area contributed by atoms with Crippen molar-refractivity contribution in [3.8, 4) is 11.8 Å². The first-order chi connectivity index (χ1) is 14.1. The summed E-state index contributed by atoms with van der Waals surface area (Å²) in [5.74, 6) is 0.285. The van der Waals surface area contributed by atoms with Crippen molar-refractivity contribution < 1.29 is 9.53 Å². The van der Waals surface area contributed by atoms with E-state index < -0.39 is 0 Å². The van der Waals surface area contributed by atoms with Crippen LogP contribution >= 0.6 is 11.6 Å². The zero-order valence-electron chi connectivity index (χ0n) is 15.7. The van der Waals surface area contributed by atoms with E-state index in [0.717, 1.165) is 16.8 Å². The van der Waals surface area contributed by atoms with Crippen molar-refractivity contribution in [1.82, 2.24) is 0 Å². The molecule has 0 heterocycles. The number of amides is 1. The fourth-order valence-electron chi connectivity index (χ4n) is 2.67. The Balaban J connectivity index is 1.50. The maximum atomic E-state index is 12.1. The molecule has 3 aromatic carbocycles. The summed E-state index contributed by atoms with van der Waals surface area (Å²) in [7, 11) is 0. The van der Waals surface area contributed by atoms with Crippen molar-refractivity contribution in [2.45, 2.75) is 13.0 Å². The first kappa shape index (κ1) is 20.2. The van der Waals surface area contributed by atoms with Gasteiger partial charge < -0.3 is 15.4 Å². The molecule has 0 aliphatic rings. The number of benzene rings is 3. The van der Waals surface area contributed by atoms with Gasteiger partial charge in [-0.25, -0.2) is 0 Å². The monoisotopic (exact) mass is 405 g/mol. The van der Waals surface area contributed by atoms with Crippen molar-refractivity contribution >= 4 is 28.9 Å². The van der Waals surface area contributed by atoms with E-state index >= 15 is 0 Å². The Hall–Kier alpha value is -3.49. The lowest BCUT2D eigenvalue weighted by Crippen LogP contribution is -2.20. The number of rotatable bonds is 8. The molecule has 0 saturated carbocycles. The molecule has 0 saturated heterocycles. The molecule has 0 fully saturated rings. The second-order valence-electron chi connectivity index (χ2n) is 6.35. The van der Waals surface area contributed by atoms with E-state index in [1.165, 1.54) is 0 Å². The highest BCUT2D eigenvalue weighted by Crippen LogP contribution is 2.26.